The number of hydrogen-bond donors (Lipinski definition) is 3. The molecule has 0 radical (unpaired) electrons. The van der Waals surface area contributed by atoms with Crippen LogP contribution in [-0.2, 0) is 38.2 Å². The molecule has 0 aromatic heterocycles. The summed E-state index contributed by atoms with van der Waals surface area (Å²) >= 11 is 0. The molecular weight excluding hydrogens is 735 g/mol. The van der Waals surface area contributed by atoms with Crippen molar-refractivity contribution in [2.24, 2.45) is 62.9 Å². The van der Waals surface area contributed by atoms with Crippen LogP contribution in [0.25, 0.3) is 0 Å². The van der Waals surface area contributed by atoms with Crippen LogP contribution in [0.2, 0.25) is 0 Å². The van der Waals surface area contributed by atoms with E-state index in [2.05, 4.69) is 44.1 Å². The van der Waals surface area contributed by atoms with Gasteiger partial charge < -0.3 is 30.6 Å². The van der Waals surface area contributed by atoms with Crippen molar-refractivity contribution in [1.29, 1.82) is 0 Å². The Morgan fingerprint density at radius 3 is 2.21 bits per heavy atom. The molecule has 0 aromatic rings. The zero-order valence-electron chi connectivity index (χ0n) is 36.8. The number of ketones is 2. The van der Waals surface area contributed by atoms with Gasteiger partial charge in [0.15, 0.2) is 17.7 Å². The third kappa shape index (κ3) is 9.07. The first-order valence-corrected chi connectivity index (χ1v) is 22.6. The van der Waals surface area contributed by atoms with Gasteiger partial charge in [0.1, 0.15) is 6.10 Å². The monoisotopic (exact) mass is 810 g/mol. The fourth-order valence-corrected chi connectivity index (χ4v) is 12.9. The molecule has 5 aliphatic carbocycles. The van der Waals surface area contributed by atoms with Crippen LogP contribution in [0, 0.1) is 57.2 Å². The fourth-order valence-electron chi connectivity index (χ4n) is 12.9. The molecule has 0 aliphatic heterocycles. The number of rotatable bonds is 23. The zero-order chi connectivity index (χ0) is 42.5. The molecular formula is C47H75N3O8. The second kappa shape index (κ2) is 19.2. The second-order valence-corrected chi connectivity index (χ2v) is 19.4. The number of fused-ring (bicyclic) bond motifs is 2. The van der Waals surface area contributed by atoms with Gasteiger partial charge in [0.2, 0.25) is 0 Å². The Morgan fingerprint density at radius 2 is 1.57 bits per heavy atom. The first-order valence-electron chi connectivity index (χ1n) is 22.6. The SMILES string of the molecule is C=C(C(=O)[C@H](OC(C)=O)[C@@H](C)[C@H]1[C@@H](OC(C)=O)C[C@@]2(C)[C@@H]3CC[C@H]4[C@H](C)C(=O)C=C[C@@]45C[C@@]35CC[C@]12C)[C@@H](C)COC(=O)CCCCCNCCCCNCCCN. The van der Waals surface area contributed by atoms with Gasteiger partial charge in [-0.15, -0.1) is 0 Å². The van der Waals surface area contributed by atoms with E-state index in [1.54, 1.807) is 6.92 Å². The molecule has 2 spiro atoms. The maximum atomic E-state index is 14.4. The average molecular weight is 810 g/mol. The Balaban J connectivity index is 1.17. The summed E-state index contributed by atoms with van der Waals surface area (Å²) in [6.45, 7) is 22.0. The van der Waals surface area contributed by atoms with Crippen molar-refractivity contribution < 1.29 is 38.2 Å². The van der Waals surface area contributed by atoms with Gasteiger partial charge in [0.05, 0.1) is 6.61 Å². The molecule has 0 unspecified atom stereocenters. The lowest BCUT2D eigenvalue weighted by Crippen LogP contribution is -2.56. The maximum absolute atomic E-state index is 14.4. The van der Waals surface area contributed by atoms with Crippen molar-refractivity contribution in [3.05, 3.63) is 24.3 Å². The number of allylic oxidation sites excluding steroid dienone is 2. The summed E-state index contributed by atoms with van der Waals surface area (Å²) in [6, 6.07) is 0. The van der Waals surface area contributed by atoms with Crippen LogP contribution in [0.3, 0.4) is 0 Å². The molecule has 4 fully saturated rings. The molecule has 4 N–H and O–H groups in total. The van der Waals surface area contributed by atoms with E-state index < -0.39 is 30.0 Å². The minimum atomic E-state index is -1.14. The van der Waals surface area contributed by atoms with Gasteiger partial charge in [-0.1, -0.05) is 53.7 Å². The van der Waals surface area contributed by atoms with Gasteiger partial charge in [-0.05, 0) is 148 Å². The van der Waals surface area contributed by atoms with Crippen LogP contribution in [0.4, 0.5) is 0 Å². The van der Waals surface area contributed by atoms with Gasteiger partial charge >= 0.3 is 17.9 Å². The lowest BCUT2D eigenvalue weighted by Gasteiger charge is -2.61. The molecule has 4 saturated carbocycles. The fraction of sp³-hybridized carbons (Fsp3) is 0.809. The summed E-state index contributed by atoms with van der Waals surface area (Å²) in [7, 11) is 0. The Kier molecular flexibility index (Phi) is 15.3. The molecule has 12 atom stereocenters. The van der Waals surface area contributed by atoms with Crippen LogP contribution in [0.15, 0.2) is 24.3 Å². The number of carbonyl (C=O) groups excluding carboxylic acids is 5. The van der Waals surface area contributed by atoms with Crippen molar-refractivity contribution in [3.63, 3.8) is 0 Å². The smallest absolute Gasteiger partial charge is 0.305 e. The lowest BCUT2D eigenvalue weighted by molar-refractivity contribution is -0.166. The summed E-state index contributed by atoms with van der Waals surface area (Å²) in [5, 5.41) is 6.86. The maximum Gasteiger partial charge on any atom is 0.305 e. The lowest BCUT2D eigenvalue weighted by atomic mass is 9.43. The van der Waals surface area contributed by atoms with Crippen molar-refractivity contribution >= 4 is 29.5 Å². The summed E-state index contributed by atoms with van der Waals surface area (Å²) in [6.07, 6.45) is 14.4. The largest absolute Gasteiger partial charge is 0.465 e. The molecule has 5 rings (SSSR count). The van der Waals surface area contributed by atoms with E-state index >= 15 is 0 Å². The number of esters is 3. The number of Topliss-reactive ketones (excluding diaryl/α,β-unsaturated/α-hetero) is 1. The Hall–Kier alpha value is -2.89. The van der Waals surface area contributed by atoms with Gasteiger partial charge in [0, 0.05) is 43.9 Å². The number of hydrogen-bond acceptors (Lipinski definition) is 11. The molecule has 0 saturated heterocycles. The highest BCUT2D eigenvalue weighted by molar-refractivity contribution is 6.00. The van der Waals surface area contributed by atoms with Crippen LogP contribution in [0.1, 0.15) is 132 Å². The Labute approximate surface area is 348 Å². The predicted molar refractivity (Wildman–Crippen MR) is 224 cm³/mol. The number of unbranched alkanes of at least 4 members (excludes halogenated alkanes) is 3. The number of nitrogens with one attached hydrogen (secondary N) is 2. The summed E-state index contributed by atoms with van der Waals surface area (Å²) in [5.74, 6) is -1.85. The quantitative estimate of drug-likeness (QED) is 0.0438. The summed E-state index contributed by atoms with van der Waals surface area (Å²) < 4.78 is 17.7. The minimum absolute atomic E-state index is 0.00761. The second-order valence-electron chi connectivity index (χ2n) is 19.4. The topological polar surface area (TPSA) is 163 Å². The Bertz CT molecular complexity index is 1560. The van der Waals surface area contributed by atoms with E-state index in [0.717, 1.165) is 103 Å². The molecule has 5 aliphatic rings. The van der Waals surface area contributed by atoms with E-state index in [0.29, 0.717) is 24.7 Å². The van der Waals surface area contributed by atoms with Gasteiger partial charge in [-0.25, -0.2) is 0 Å². The molecule has 58 heavy (non-hydrogen) atoms. The first-order chi connectivity index (χ1) is 27.5. The molecule has 0 bridgehead atoms. The van der Waals surface area contributed by atoms with Crippen molar-refractivity contribution in [3.8, 4) is 0 Å². The standard InChI is InChI=1S/C47H75N3O8/c1-30(28-56-40(54)15-10-9-11-23-49-24-12-13-25-50-26-14-22-48)31(2)42(55)43(58-35(6)52)33(4)41-38(57-34(5)51)27-45(8)39-17-16-36-32(3)37(53)18-19-46(36)29-47(39,46)21-20-44(41,45)7/h18-19,30,32-33,36,38-39,41,43,49-50H,2,9-17,20-29,48H2,1,3-8H3/t30-,32-,33-,36-,38-,39-,41-,43+,44+,45-,46+,47-/m0/s1. The summed E-state index contributed by atoms with van der Waals surface area (Å²) in [4.78, 5) is 65.2. The highest BCUT2D eigenvalue weighted by Gasteiger charge is 2.81. The third-order valence-electron chi connectivity index (χ3n) is 16.1. The van der Waals surface area contributed by atoms with E-state index in [4.69, 9.17) is 19.9 Å². The van der Waals surface area contributed by atoms with Crippen LogP contribution in [-0.4, -0.2) is 81.0 Å². The number of nitrogens with two attached hydrogens (primary N) is 1. The van der Waals surface area contributed by atoms with Crippen molar-refractivity contribution in [2.75, 3.05) is 39.3 Å². The van der Waals surface area contributed by atoms with E-state index in [-0.39, 0.29) is 69.2 Å². The molecule has 11 nitrogen and oxygen atoms in total. The van der Waals surface area contributed by atoms with Gasteiger partial charge in [-0.2, -0.15) is 0 Å². The number of carbonyl (C=O) groups is 5. The summed E-state index contributed by atoms with van der Waals surface area (Å²) in [5.41, 5.74) is 5.38. The zero-order valence-corrected chi connectivity index (χ0v) is 36.8. The molecule has 0 heterocycles. The Morgan fingerprint density at radius 1 is 0.914 bits per heavy atom. The predicted octanol–water partition coefficient (Wildman–Crippen LogP) is 6.66. The molecule has 11 heteroatoms. The van der Waals surface area contributed by atoms with Crippen LogP contribution >= 0.6 is 0 Å². The van der Waals surface area contributed by atoms with Crippen molar-refractivity contribution in [2.45, 2.75) is 144 Å². The van der Waals surface area contributed by atoms with Crippen molar-refractivity contribution in [1.82, 2.24) is 10.6 Å². The van der Waals surface area contributed by atoms with E-state index in [1.165, 1.54) is 13.8 Å². The highest BCUT2D eigenvalue weighted by Crippen LogP contribution is 2.87. The van der Waals surface area contributed by atoms with Gasteiger partial charge in [-0.3, -0.25) is 24.0 Å². The van der Waals surface area contributed by atoms with Crippen LogP contribution < -0.4 is 16.4 Å². The molecule has 0 amide bonds. The van der Waals surface area contributed by atoms with Crippen LogP contribution in [0.5, 0.6) is 0 Å². The van der Waals surface area contributed by atoms with E-state index in [1.807, 2.05) is 13.0 Å². The minimum Gasteiger partial charge on any atom is -0.465 e. The molecule has 326 valence electrons. The highest BCUT2D eigenvalue weighted by atomic mass is 16.6. The van der Waals surface area contributed by atoms with E-state index in [9.17, 15) is 24.0 Å². The normalized spacial score (nSPS) is 34.7. The molecule has 0 aromatic carbocycles. The van der Waals surface area contributed by atoms with Gasteiger partial charge in [0.25, 0.3) is 0 Å². The average Bonchev–Trinajstić information content (AvgIpc) is 3.79. The first kappa shape index (κ1) is 46.2. The number of ether oxygens (including phenoxy) is 3. The third-order valence-corrected chi connectivity index (χ3v) is 16.1.